The summed E-state index contributed by atoms with van der Waals surface area (Å²) in [4.78, 5) is 25.9. The second-order valence-electron chi connectivity index (χ2n) is 7.48. The standard InChI is InChI=1S/C22H23N5O4/c1-30-14-7-5-13(6-8-14)19-18-20(25-24-19)15-3-2-4-16(17(15)21(18)28)23-22(29)26-27-9-11-31-12-10-27/h2-8,20,24-25H,9-12H2,1H3,(H2,23,26,29). The zero-order chi connectivity index (χ0) is 21.4. The first-order valence-electron chi connectivity index (χ1n) is 10.1. The SMILES string of the molecule is COc1ccc(C2=C3C(=O)c4c(NC(=O)NN5CCOCC5)cccc4C3NN2)cc1. The fourth-order valence-corrected chi connectivity index (χ4v) is 4.16. The average molecular weight is 421 g/mol. The molecule has 9 heteroatoms. The van der Waals surface area contributed by atoms with Gasteiger partial charge in [0.15, 0.2) is 5.78 Å². The summed E-state index contributed by atoms with van der Waals surface area (Å²) in [6.45, 7) is 2.38. The Bertz CT molecular complexity index is 1060. The molecule has 1 unspecified atom stereocenters. The van der Waals surface area contributed by atoms with E-state index in [9.17, 15) is 9.59 Å². The van der Waals surface area contributed by atoms with Crippen LogP contribution in [0.25, 0.3) is 5.70 Å². The smallest absolute Gasteiger partial charge is 0.333 e. The van der Waals surface area contributed by atoms with Crippen molar-refractivity contribution < 1.29 is 19.1 Å². The van der Waals surface area contributed by atoms with Crippen molar-refractivity contribution >= 4 is 23.2 Å². The van der Waals surface area contributed by atoms with Gasteiger partial charge in [0.2, 0.25) is 0 Å². The van der Waals surface area contributed by atoms with Crippen molar-refractivity contribution in [3.05, 3.63) is 64.7 Å². The van der Waals surface area contributed by atoms with Crippen LogP contribution >= 0.6 is 0 Å². The lowest BCUT2D eigenvalue weighted by molar-refractivity contribution is 0.0207. The Morgan fingerprint density at radius 3 is 2.68 bits per heavy atom. The van der Waals surface area contributed by atoms with Crippen LogP contribution in [0.5, 0.6) is 5.75 Å². The van der Waals surface area contributed by atoms with E-state index in [1.54, 1.807) is 18.2 Å². The van der Waals surface area contributed by atoms with E-state index in [2.05, 4.69) is 21.6 Å². The van der Waals surface area contributed by atoms with Crippen molar-refractivity contribution in [3.8, 4) is 5.75 Å². The van der Waals surface area contributed by atoms with Crippen LogP contribution in [0.4, 0.5) is 10.5 Å². The number of amides is 2. The van der Waals surface area contributed by atoms with E-state index in [1.807, 2.05) is 36.4 Å². The number of methoxy groups -OCH3 is 1. The Hall–Kier alpha value is -3.40. The molecule has 2 heterocycles. The fourth-order valence-electron chi connectivity index (χ4n) is 4.16. The minimum atomic E-state index is -0.379. The number of anilines is 1. The van der Waals surface area contributed by atoms with E-state index in [4.69, 9.17) is 9.47 Å². The number of Topliss-reactive ketones (excluding diaryl/α,β-unsaturated/α-hetero) is 1. The van der Waals surface area contributed by atoms with Crippen molar-refractivity contribution in [1.82, 2.24) is 21.3 Å². The molecule has 1 aliphatic carbocycles. The number of morpholine rings is 1. The molecule has 3 aliphatic rings. The largest absolute Gasteiger partial charge is 0.497 e. The topological polar surface area (TPSA) is 104 Å². The summed E-state index contributed by atoms with van der Waals surface area (Å²) in [6, 6.07) is 12.4. The maximum atomic E-state index is 13.4. The Balaban J connectivity index is 1.42. The van der Waals surface area contributed by atoms with Gasteiger partial charge in [-0.05, 0) is 41.5 Å². The van der Waals surface area contributed by atoms with Crippen LogP contribution in [0.1, 0.15) is 27.5 Å². The highest BCUT2D eigenvalue weighted by Gasteiger charge is 2.42. The molecule has 0 spiro atoms. The summed E-state index contributed by atoms with van der Waals surface area (Å²) in [6.07, 6.45) is 0. The number of hydrazine groups is 2. The van der Waals surface area contributed by atoms with E-state index in [-0.39, 0.29) is 17.9 Å². The van der Waals surface area contributed by atoms with Gasteiger partial charge < -0.3 is 20.2 Å². The van der Waals surface area contributed by atoms with Gasteiger partial charge in [0.1, 0.15) is 5.75 Å². The summed E-state index contributed by atoms with van der Waals surface area (Å²) in [5.74, 6) is 0.640. The van der Waals surface area contributed by atoms with E-state index in [1.165, 1.54) is 0 Å². The van der Waals surface area contributed by atoms with Crippen LogP contribution in [0.3, 0.4) is 0 Å². The van der Waals surface area contributed by atoms with Gasteiger partial charge >= 0.3 is 6.03 Å². The van der Waals surface area contributed by atoms with Gasteiger partial charge in [-0.25, -0.2) is 15.2 Å². The lowest BCUT2D eigenvalue weighted by Gasteiger charge is -2.27. The van der Waals surface area contributed by atoms with Gasteiger partial charge in [-0.2, -0.15) is 0 Å². The number of fused-ring (bicyclic) bond motifs is 3. The van der Waals surface area contributed by atoms with E-state index in [0.29, 0.717) is 43.1 Å². The maximum Gasteiger partial charge on any atom is 0.333 e. The maximum absolute atomic E-state index is 13.4. The quantitative estimate of drug-likeness (QED) is 0.597. The van der Waals surface area contributed by atoms with Crippen LogP contribution in [0.2, 0.25) is 0 Å². The third kappa shape index (κ3) is 3.52. The average Bonchev–Trinajstić information content (AvgIpc) is 3.35. The van der Waals surface area contributed by atoms with Crippen molar-refractivity contribution in [2.75, 3.05) is 38.7 Å². The number of benzene rings is 2. The van der Waals surface area contributed by atoms with E-state index in [0.717, 1.165) is 22.6 Å². The molecule has 2 amide bonds. The molecule has 4 N–H and O–H groups in total. The van der Waals surface area contributed by atoms with Gasteiger partial charge in [0.05, 0.1) is 43.3 Å². The molecule has 1 atom stereocenters. The normalized spacial score (nSPS) is 20.2. The van der Waals surface area contributed by atoms with Gasteiger partial charge in [0.25, 0.3) is 0 Å². The van der Waals surface area contributed by atoms with E-state index < -0.39 is 0 Å². The molecule has 9 nitrogen and oxygen atoms in total. The molecule has 1 saturated heterocycles. The van der Waals surface area contributed by atoms with Crippen molar-refractivity contribution in [1.29, 1.82) is 0 Å². The van der Waals surface area contributed by atoms with Gasteiger partial charge in [-0.3, -0.25) is 10.2 Å². The molecule has 0 radical (unpaired) electrons. The molecule has 0 bridgehead atoms. The summed E-state index contributed by atoms with van der Waals surface area (Å²) in [7, 11) is 1.61. The molecular formula is C22H23N5O4. The number of ketones is 1. The van der Waals surface area contributed by atoms with Crippen LogP contribution in [-0.4, -0.2) is 50.2 Å². The molecular weight excluding hydrogens is 398 g/mol. The van der Waals surface area contributed by atoms with Crippen molar-refractivity contribution in [3.63, 3.8) is 0 Å². The molecule has 2 aromatic carbocycles. The molecule has 2 aromatic rings. The Labute approximate surface area is 179 Å². The number of rotatable bonds is 4. The number of hydrogen-bond donors (Lipinski definition) is 4. The molecule has 0 saturated carbocycles. The highest BCUT2D eigenvalue weighted by molar-refractivity contribution is 6.22. The summed E-state index contributed by atoms with van der Waals surface area (Å²) in [5.41, 5.74) is 13.3. The van der Waals surface area contributed by atoms with Crippen molar-refractivity contribution in [2.24, 2.45) is 0 Å². The third-order valence-electron chi connectivity index (χ3n) is 5.68. The van der Waals surface area contributed by atoms with E-state index >= 15 is 0 Å². The summed E-state index contributed by atoms with van der Waals surface area (Å²) in [5, 5.41) is 4.64. The number of nitrogens with one attached hydrogen (secondary N) is 4. The highest BCUT2D eigenvalue weighted by atomic mass is 16.5. The number of urea groups is 1. The highest BCUT2D eigenvalue weighted by Crippen LogP contribution is 2.44. The Morgan fingerprint density at radius 2 is 1.94 bits per heavy atom. The minimum absolute atomic E-state index is 0.106. The minimum Gasteiger partial charge on any atom is -0.497 e. The number of hydrogen-bond acceptors (Lipinski definition) is 7. The Morgan fingerprint density at radius 1 is 1.16 bits per heavy atom. The number of carbonyl (C=O) groups is 2. The zero-order valence-corrected chi connectivity index (χ0v) is 17.0. The van der Waals surface area contributed by atoms with Gasteiger partial charge in [-0.1, -0.05) is 12.1 Å². The summed E-state index contributed by atoms with van der Waals surface area (Å²) >= 11 is 0. The van der Waals surface area contributed by atoms with Gasteiger partial charge in [-0.15, -0.1) is 0 Å². The van der Waals surface area contributed by atoms with Crippen LogP contribution in [0, 0.1) is 0 Å². The first kappa shape index (κ1) is 19.6. The molecule has 2 aliphatic heterocycles. The number of ether oxygens (including phenoxy) is 2. The number of carbonyl (C=O) groups excluding carboxylic acids is 2. The predicted molar refractivity (Wildman–Crippen MR) is 114 cm³/mol. The molecule has 0 aromatic heterocycles. The molecule has 31 heavy (non-hydrogen) atoms. The molecule has 1 fully saturated rings. The lowest BCUT2D eigenvalue weighted by atomic mass is 10.0. The first-order chi connectivity index (χ1) is 15.2. The first-order valence-corrected chi connectivity index (χ1v) is 10.1. The van der Waals surface area contributed by atoms with Crippen LogP contribution < -0.4 is 26.3 Å². The number of nitrogens with zero attached hydrogens (tertiary/aromatic N) is 1. The van der Waals surface area contributed by atoms with Crippen molar-refractivity contribution in [2.45, 2.75) is 6.04 Å². The lowest BCUT2D eigenvalue weighted by Crippen LogP contribution is -2.49. The van der Waals surface area contributed by atoms with Gasteiger partial charge in [0, 0.05) is 18.7 Å². The molecule has 160 valence electrons. The predicted octanol–water partition coefficient (Wildman–Crippen LogP) is 1.82. The monoisotopic (exact) mass is 421 g/mol. The third-order valence-corrected chi connectivity index (χ3v) is 5.68. The van der Waals surface area contributed by atoms with Crippen LogP contribution in [-0.2, 0) is 4.74 Å². The second kappa shape index (κ2) is 8.03. The molecule has 5 rings (SSSR count). The second-order valence-corrected chi connectivity index (χ2v) is 7.48. The summed E-state index contributed by atoms with van der Waals surface area (Å²) < 4.78 is 10.5. The Kier molecular flexibility index (Phi) is 5.06. The van der Waals surface area contributed by atoms with Crippen LogP contribution in [0.15, 0.2) is 48.0 Å². The fraction of sp³-hybridized carbons (Fsp3) is 0.273. The zero-order valence-electron chi connectivity index (χ0n) is 17.0.